The molecule has 2 saturated carbocycles. The average molecular weight is 828 g/mol. The van der Waals surface area contributed by atoms with Gasteiger partial charge in [0.15, 0.2) is 0 Å². The highest BCUT2D eigenvalue weighted by molar-refractivity contribution is 6.53. The van der Waals surface area contributed by atoms with Gasteiger partial charge >= 0.3 is 32.5 Å². The van der Waals surface area contributed by atoms with Crippen LogP contribution in [0.25, 0.3) is 33.2 Å². The molecular weight excluding hydrogens is 772 g/mol. The molecule has 0 spiro atoms. The standard InChI is InChI=1S/C19H23BN2O4.C13H14BN3O2.C10H18O5/c1-19(2,3)25-16(23)8-11-6-12(7-11)14-9-20(24)26-15-10-22-18-13(17(14)15)4-5-21-18;15-8-3-7(4-8)10-5-14(18)19-11-6-17-13-9(12(10)11)1-2-16-13;1-9(2,3)14-7(11)13-8(12)15-10(4,5)6/h4-5,9-12,24H,6-8H2,1-3H3,(H,21,22);1-2,5-8,18H,3-4,15H2,(H,16,17);1-6H3. The highest BCUT2D eigenvalue weighted by Crippen LogP contribution is 2.49. The Bertz CT molecular complexity index is 2250. The molecule has 16 nitrogen and oxygen atoms in total. The van der Waals surface area contributed by atoms with Gasteiger partial charge in [-0.15, -0.1) is 0 Å². The molecule has 0 bridgehead atoms. The van der Waals surface area contributed by atoms with Crippen LogP contribution in [-0.4, -0.2) is 85.3 Å². The fourth-order valence-electron chi connectivity index (χ4n) is 7.54. The minimum atomic E-state index is -1.06. The lowest BCUT2D eigenvalue weighted by molar-refractivity contribution is -0.156. The summed E-state index contributed by atoms with van der Waals surface area (Å²) in [6.45, 7) is 15.7. The van der Waals surface area contributed by atoms with Crippen molar-refractivity contribution < 1.29 is 52.7 Å². The molecular formula is C42H55B2N5O11. The van der Waals surface area contributed by atoms with Crippen LogP contribution in [-0.2, 0) is 23.7 Å². The Kier molecular flexibility index (Phi) is 12.8. The molecule has 4 aromatic rings. The third-order valence-corrected chi connectivity index (χ3v) is 9.93. The third kappa shape index (κ3) is 11.3. The fourth-order valence-corrected chi connectivity index (χ4v) is 7.54. The van der Waals surface area contributed by atoms with Gasteiger partial charge in [-0.3, -0.25) is 4.79 Å². The molecule has 2 aliphatic heterocycles. The van der Waals surface area contributed by atoms with Crippen molar-refractivity contribution in [2.24, 2.45) is 23.5 Å². The summed E-state index contributed by atoms with van der Waals surface area (Å²) in [7, 11) is -1.85. The molecule has 0 saturated heterocycles. The minimum Gasteiger partial charge on any atom is -0.531 e. The van der Waals surface area contributed by atoms with Gasteiger partial charge in [0, 0.05) is 46.8 Å². The number of aromatic amines is 2. The van der Waals surface area contributed by atoms with Gasteiger partial charge in [-0.2, -0.15) is 0 Å². The molecule has 0 unspecified atom stereocenters. The minimum absolute atomic E-state index is 0.139. The number of nitrogens with two attached hydrogens (primary N) is 1. The second kappa shape index (κ2) is 17.3. The number of allylic oxidation sites excluding steroid dienone is 2. The summed E-state index contributed by atoms with van der Waals surface area (Å²) in [4.78, 5) is 48.9. The molecule has 4 aromatic heterocycles. The highest BCUT2D eigenvalue weighted by atomic mass is 16.8. The molecule has 6 heterocycles. The maximum atomic E-state index is 12.0. The van der Waals surface area contributed by atoms with Crippen molar-refractivity contribution in [1.29, 1.82) is 0 Å². The number of carbonyl (C=O) groups is 3. The Balaban J connectivity index is 0.000000158. The second-order valence-corrected chi connectivity index (χ2v) is 18.5. The van der Waals surface area contributed by atoms with Crippen molar-refractivity contribution in [2.45, 2.75) is 117 Å². The first kappa shape index (κ1) is 44.2. The van der Waals surface area contributed by atoms with Gasteiger partial charge in [0.1, 0.15) is 39.6 Å². The normalized spacial score (nSPS) is 20.7. The smallest absolute Gasteiger partial charge is 0.531 e. The Hall–Kier alpha value is -5.32. The number of aromatic nitrogens is 4. The van der Waals surface area contributed by atoms with Crippen LogP contribution in [0.2, 0.25) is 0 Å². The molecule has 0 aromatic carbocycles. The number of nitrogens with one attached hydrogen (secondary N) is 2. The average Bonchev–Trinajstić information content (AvgIpc) is 3.75. The zero-order valence-electron chi connectivity index (χ0n) is 35.7. The zero-order chi connectivity index (χ0) is 43.7. The predicted molar refractivity (Wildman–Crippen MR) is 226 cm³/mol. The number of carbonyl (C=O) groups excluding carboxylic acids is 3. The number of H-pyrrole nitrogens is 2. The van der Waals surface area contributed by atoms with E-state index in [0.717, 1.165) is 70.0 Å². The Morgan fingerprint density at radius 3 is 1.53 bits per heavy atom. The summed E-state index contributed by atoms with van der Waals surface area (Å²) < 4.78 is 30.2. The summed E-state index contributed by atoms with van der Waals surface area (Å²) >= 11 is 0. The lowest BCUT2D eigenvalue weighted by Gasteiger charge is -2.39. The van der Waals surface area contributed by atoms with E-state index in [4.69, 9.17) is 29.3 Å². The molecule has 8 rings (SSSR count). The molecule has 18 heteroatoms. The summed E-state index contributed by atoms with van der Waals surface area (Å²) in [5, 5.41) is 21.9. The lowest BCUT2D eigenvalue weighted by atomic mass is 9.65. The largest absolute Gasteiger partial charge is 0.552 e. The van der Waals surface area contributed by atoms with E-state index in [2.05, 4.69) is 24.7 Å². The maximum Gasteiger partial charge on any atom is 0.552 e. The quantitative estimate of drug-likeness (QED) is 0.0599. The third-order valence-electron chi connectivity index (χ3n) is 9.93. The number of nitrogens with zero attached hydrogens (tertiary/aromatic N) is 2. The van der Waals surface area contributed by atoms with Crippen LogP contribution >= 0.6 is 0 Å². The first-order valence-electron chi connectivity index (χ1n) is 20.2. The number of fused-ring (bicyclic) bond motifs is 6. The lowest BCUT2D eigenvalue weighted by Crippen LogP contribution is -2.38. The van der Waals surface area contributed by atoms with Gasteiger partial charge in [-0.25, -0.2) is 19.6 Å². The first-order chi connectivity index (χ1) is 28.0. The van der Waals surface area contributed by atoms with Crippen molar-refractivity contribution in [3.05, 3.63) is 60.0 Å². The number of hydrogen-bond donors (Lipinski definition) is 5. The molecule has 60 heavy (non-hydrogen) atoms. The van der Waals surface area contributed by atoms with E-state index in [-0.39, 0.29) is 12.0 Å². The Labute approximate surface area is 349 Å². The summed E-state index contributed by atoms with van der Waals surface area (Å²) in [6, 6.07) is 4.25. The zero-order valence-corrected chi connectivity index (χ0v) is 35.7. The Morgan fingerprint density at radius 1 is 0.717 bits per heavy atom. The van der Waals surface area contributed by atoms with Crippen molar-refractivity contribution in [2.75, 3.05) is 0 Å². The van der Waals surface area contributed by atoms with E-state index in [1.165, 1.54) is 0 Å². The van der Waals surface area contributed by atoms with E-state index >= 15 is 0 Å². The van der Waals surface area contributed by atoms with Gasteiger partial charge < -0.3 is 54.0 Å². The number of rotatable bonds is 4. The molecule has 2 aliphatic carbocycles. The molecule has 4 aliphatic rings. The van der Waals surface area contributed by atoms with Gasteiger partial charge in [0.25, 0.3) is 0 Å². The number of pyridine rings is 2. The summed E-state index contributed by atoms with van der Waals surface area (Å²) in [5.74, 6) is 5.74. The van der Waals surface area contributed by atoms with Gasteiger partial charge in [-0.1, -0.05) is 0 Å². The van der Waals surface area contributed by atoms with Crippen LogP contribution in [0.15, 0.2) is 48.9 Å². The SMILES string of the molecule is CC(C)(C)OC(=O)CC1CC(C2=CB(O)Oc3cnc4[nH]ccc4c32)C1.CC(C)(C)OC(=O)OC(=O)OC(C)(C)C.NC1CC(C2=CB(O)Oc3cnc4[nH]ccc4c32)C1. The fraction of sp³-hybridized carbons (Fsp3) is 0.500. The highest BCUT2D eigenvalue weighted by Gasteiger charge is 2.39. The molecule has 0 atom stereocenters. The van der Waals surface area contributed by atoms with Crippen molar-refractivity contribution >= 4 is 65.7 Å². The second-order valence-electron chi connectivity index (χ2n) is 18.5. The van der Waals surface area contributed by atoms with Gasteiger partial charge in [0.05, 0.1) is 12.4 Å². The van der Waals surface area contributed by atoms with Crippen LogP contribution in [0.3, 0.4) is 0 Å². The van der Waals surface area contributed by atoms with E-state index in [1.54, 1.807) is 65.9 Å². The number of ether oxygens (including phenoxy) is 4. The van der Waals surface area contributed by atoms with Crippen LogP contribution < -0.4 is 15.0 Å². The monoisotopic (exact) mass is 827 g/mol. The van der Waals surface area contributed by atoms with Crippen molar-refractivity contribution in [1.82, 2.24) is 19.9 Å². The van der Waals surface area contributed by atoms with Crippen LogP contribution in [0.5, 0.6) is 11.5 Å². The first-order valence-corrected chi connectivity index (χ1v) is 20.2. The molecule has 0 amide bonds. The van der Waals surface area contributed by atoms with E-state index in [1.807, 2.05) is 45.3 Å². The van der Waals surface area contributed by atoms with E-state index < -0.39 is 43.4 Å². The van der Waals surface area contributed by atoms with Crippen molar-refractivity contribution in [3.8, 4) is 11.5 Å². The molecule has 6 N–H and O–H groups in total. The topological polar surface area (TPSA) is 230 Å². The molecule has 320 valence electrons. The Morgan fingerprint density at radius 2 is 1.13 bits per heavy atom. The van der Waals surface area contributed by atoms with Gasteiger partial charge in [0.2, 0.25) is 0 Å². The van der Waals surface area contributed by atoms with Gasteiger partial charge in [-0.05, 0) is 141 Å². The van der Waals surface area contributed by atoms with Crippen LogP contribution in [0.4, 0.5) is 9.59 Å². The molecule has 0 radical (unpaired) electrons. The number of hydrogen-bond acceptors (Lipinski definition) is 14. The van der Waals surface area contributed by atoms with E-state index in [9.17, 15) is 24.4 Å². The summed E-state index contributed by atoms with van der Waals surface area (Å²) in [6.07, 6.45) is 9.12. The molecule has 2 fully saturated rings. The maximum absolute atomic E-state index is 12.0. The number of esters is 1. The van der Waals surface area contributed by atoms with Crippen LogP contribution in [0, 0.1) is 17.8 Å². The van der Waals surface area contributed by atoms with E-state index in [0.29, 0.717) is 35.7 Å². The van der Waals surface area contributed by atoms with Crippen LogP contribution in [0.1, 0.15) is 106 Å². The predicted octanol–water partition coefficient (Wildman–Crippen LogP) is 7.09. The van der Waals surface area contributed by atoms with Crippen molar-refractivity contribution in [3.63, 3.8) is 0 Å². The summed E-state index contributed by atoms with van der Waals surface area (Å²) in [5.41, 5.74) is 9.98.